The molecule has 8 heteroatoms. The van der Waals surface area contributed by atoms with Gasteiger partial charge in [0.2, 0.25) is 5.91 Å². The molecule has 0 saturated carbocycles. The number of thiocarbonyl (C=S) groups is 1. The van der Waals surface area contributed by atoms with Crippen LogP contribution in [0.1, 0.15) is 41.6 Å². The molecule has 1 atom stereocenters. The standard InChI is InChI=1S/C26H31FN4O2S/c1-18-6-2-3-7-22(18)24(32)29-23(25(33)30-14-4-5-15-30)19-12-16-31(17-13-19)26(34)28-21-10-8-20(27)9-11-21/h2-3,6-11,19,23H,4-5,12-17H2,1H3,(H,28,34)(H,29,32)/t23-/m0/s1. The molecule has 2 heterocycles. The van der Waals surface area contributed by atoms with Crippen molar-refractivity contribution < 1.29 is 14.0 Å². The van der Waals surface area contributed by atoms with Crippen LogP contribution >= 0.6 is 12.2 Å². The normalized spacial score (nSPS) is 17.4. The molecular formula is C26H31FN4O2S. The number of halogens is 1. The molecule has 2 aromatic carbocycles. The Balaban J connectivity index is 1.42. The van der Waals surface area contributed by atoms with Crippen LogP contribution in [0.4, 0.5) is 10.1 Å². The Morgan fingerprint density at radius 2 is 1.62 bits per heavy atom. The third-order valence-corrected chi connectivity index (χ3v) is 7.11. The van der Waals surface area contributed by atoms with E-state index < -0.39 is 6.04 Å². The third kappa shape index (κ3) is 5.73. The van der Waals surface area contributed by atoms with E-state index in [1.165, 1.54) is 12.1 Å². The molecule has 0 bridgehead atoms. The zero-order chi connectivity index (χ0) is 24.1. The number of hydrogen-bond acceptors (Lipinski definition) is 3. The van der Waals surface area contributed by atoms with Crippen LogP contribution in [0.3, 0.4) is 0 Å². The molecule has 0 unspecified atom stereocenters. The van der Waals surface area contributed by atoms with E-state index in [9.17, 15) is 14.0 Å². The van der Waals surface area contributed by atoms with Crippen LogP contribution in [0.25, 0.3) is 0 Å². The van der Waals surface area contributed by atoms with Crippen molar-refractivity contribution in [1.29, 1.82) is 0 Å². The van der Waals surface area contributed by atoms with Crippen LogP contribution in [0.5, 0.6) is 0 Å². The van der Waals surface area contributed by atoms with Gasteiger partial charge in [-0.05, 0) is 86.6 Å². The number of carbonyl (C=O) groups is 2. The predicted octanol–water partition coefficient (Wildman–Crippen LogP) is 3.96. The molecule has 2 aromatic rings. The summed E-state index contributed by atoms with van der Waals surface area (Å²) in [6, 6.07) is 13.0. The number of nitrogens with one attached hydrogen (secondary N) is 2. The average Bonchev–Trinajstić information content (AvgIpc) is 3.39. The van der Waals surface area contributed by atoms with Gasteiger partial charge in [-0.2, -0.15) is 0 Å². The first-order valence-electron chi connectivity index (χ1n) is 11.9. The fourth-order valence-electron chi connectivity index (χ4n) is 4.73. The Morgan fingerprint density at radius 1 is 0.971 bits per heavy atom. The number of aryl methyl sites for hydroxylation is 1. The lowest BCUT2D eigenvalue weighted by atomic mass is 9.88. The number of rotatable bonds is 5. The van der Waals surface area contributed by atoms with E-state index in [0.29, 0.717) is 23.8 Å². The van der Waals surface area contributed by atoms with Gasteiger partial charge in [0.05, 0.1) is 0 Å². The zero-order valence-corrected chi connectivity index (χ0v) is 20.2. The molecule has 2 fully saturated rings. The van der Waals surface area contributed by atoms with E-state index in [0.717, 1.165) is 50.0 Å². The summed E-state index contributed by atoms with van der Waals surface area (Å²) < 4.78 is 13.2. The lowest BCUT2D eigenvalue weighted by Gasteiger charge is -2.38. The lowest BCUT2D eigenvalue weighted by Crippen LogP contribution is -2.54. The Hall–Kier alpha value is -3.00. The molecule has 6 nitrogen and oxygen atoms in total. The monoisotopic (exact) mass is 482 g/mol. The van der Waals surface area contributed by atoms with Gasteiger partial charge < -0.3 is 20.4 Å². The summed E-state index contributed by atoms with van der Waals surface area (Å²) in [6.45, 7) is 4.77. The molecule has 0 aromatic heterocycles. The molecule has 4 rings (SSSR count). The maximum atomic E-state index is 13.4. The van der Waals surface area contributed by atoms with Crippen molar-refractivity contribution in [3.8, 4) is 0 Å². The van der Waals surface area contributed by atoms with E-state index in [2.05, 4.69) is 15.5 Å². The van der Waals surface area contributed by atoms with Gasteiger partial charge in [0.25, 0.3) is 5.91 Å². The highest BCUT2D eigenvalue weighted by molar-refractivity contribution is 7.80. The van der Waals surface area contributed by atoms with Gasteiger partial charge in [0.1, 0.15) is 11.9 Å². The fraction of sp³-hybridized carbons (Fsp3) is 0.423. The molecule has 2 aliphatic rings. The predicted molar refractivity (Wildman–Crippen MR) is 135 cm³/mol. The summed E-state index contributed by atoms with van der Waals surface area (Å²) >= 11 is 5.56. The minimum Gasteiger partial charge on any atom is -0.349 e. The minimum atomic E-state index is -0.550. The number of hydrogen-bond donors (Lipinski definition) is 2. The zero-order valence-electron chi connectivity index (χ0n) is 19.4. The summed E-state index contributed by atoms with van der Waals surface area (Å²) in [5.74, 6) is -0.443. The van der Waals surface area contributed by atoms with E-state index in [1.54, 1.807) is 18.2 Å². The van der Waals surface area contributed by atoms with Gasteiger partial charge >= 0.3 is 0 Å². The first kappa shape index (κ1) is 24.1. The number of nitrogens with zero attached hydrogens (tertiary/aromatic N) is 2. The summed E-state index contributed by atoms with van der Waals surface area (Å²) in [7, 11) is 0. The number of benzene rings is 2. The van der Waals surface area contributed by atoms with Gasteiger partial charge in [-0.25, -0.2) is 4.39 Å². The van der Waals surface area contributed by atoms with Crippen LogP contribution in [0.15, 0.2) is 48.5 Å². The minimum absolute atomic E-state index is 0.0184. The van der Waals surface area contributed by atoms with Gasteiger partial charge in [-0.3, -0.25) is 9.59 Å². The Bertz CT molecular complexity index is 1030. The largest absolute Gasteiger partial charge is 0.349 e. The maximum Gasteiger partial charge on any atom is 0.252 e. The van der Waals surface area contributed by atoms with Crippen molar-refractivity contribution in [2.24, 2.45) is 5.92 Å². The topological polar surface area (TPSA) is 64.7 Å². The molecular weight excluding hydrogens is 451 g/mol. The number of likely N-dealkylation sites (tertiary alicyclic amines) is 2. The quantitative estimate of drug-likeness (QED) is 0.632. The number of piperidine rings is 1. The first-order chi connectivity index (χ1) is 16.4. The van der Waals surface area contributed by atoms with Crippen molar-refractivity contribution in [3.63, 3.8) is 0 Å². The second kappa shape index (κ2) is 11.0. The molecule has 0 aliphatic carbocycles. The van der Waals surface area contributed by atoms with Crippen molar-refractivity contribution in [2.45, 2.75) is 38.6 Å². The fourth-order valence-corrected chi connectivity index (χ4v) is 5.03. The Labute approximate surface area is 205 Å². The summed E-state index contributed by atoms with van der Waals surface area (Å²) in [6.07, 6.45) is 3.49. The molecule has 2 amide bonds. The Kier molecular flexibility index (Phi) is 7.77. The van der Waals surface area contributed by atoms with E-state index in [1.807, 2.05) is 30.0 Å². The van der Waals surface area contributed by atoms with Crippen molar-refractivity contribution >= 4 is 34.8 Å². The SMILES string of the molecule is Cc1ccccc1C(=O)N[C@H](C(=O)N1CCCC1)C1CCN(C(=S)Nc2ccc(F)cc2)CC1. The van der Waals surface area contributed by atoms with Crippen LogP contribution in [0, 0.1) is 18.7 Å². The average molecular weight is 483 g/mol. The smallest absolute Gasteiger partial charge is 0.252 e. The number of amides is 2. The van der Waals surface area contributed by atoms with E-state index in [-0.39, 0.29) is 23.5 Å². The van der Waals surface area contributed by atoms with Crippen molar-refractivity contribution in [3.05, 3.63) is 65.5 Å². The number of carbonyl (C=O) groups excluding carboxylic acids is 2. The molecule has 2 N–H and O–H groups in total. The lowest BCUT2D eigenvalue weighted by molar-refractivity contribution is -0.134. The molecule has 2 aliphatic heterocycles. The highest BCUT2D eigenvalue weighted by atomic mass is 32.1. The second-order valence-electron chi connectivity index (χ2n) is 9.06. The van der Waals surface area contributed by atoms with Crippen LogP contribution in [-0.2, 0) is 4.79 Å². The van der Waals surface area contributed by atoms with Gasteiger partial charge in [0, 0.05) is 37.4 Å². The summed E-state index contributed by atoms with van der Waals surface area (Å²) in [5.41, 5.74) is 2.23. The van der Waals surface area contributed by atoms with Crippen LogP contribution in [0.2, 0.25) is 0 Å². The van der Waals surface area contributed by atoms with Gasteiger partial charge in [-0.15, -0.1) is 0 Å². The molecule has 2 saturated heterocycles. The van der Waals surface area contributed by atoms with Gasteiger partial charge in [0.15, 0.2) is 5.11 Å². The van der Waals surface area contributed by atoms with E-state index in [4.69, 9.17) is 12.2 Å². The highest BCUT2D eigenvalue weighted by Gasteiger charge is 2.36. The third-order valence-electron chi connectivity index (χ3n) is 6.75. The summed E-state index contributed by atoms with van der Waals surface area (Å²) in [4.78, 5) is 30.4. The number of anilines is 1. The first-order valence-corrected chi connectivity index (χ1v) is 12.3. The van der Waals surface area contributed by atoms with Crippen molar-refractivity contribution in [2.75, 3.05) is 31.5 Å². The molecule has 180 valence electrons. The molecule has 0 spiro atoms. The summed E-state index contributed by atoms with van der Waals surface area (Å²) in [5, 5.41) is 6.81. The van der Waals surface area contributed by atoms with Gasteiger partial charge in [-0.1, -0.05) is 18.2 Å². The van der Waals surface area contributed by atoms with Crippen LogP contribution in [-0.4, -0.2) is 58.9 Å². The molecule has 34 heavy (non-hydrogen) atoms. The van der Waals surface area contributed by atoms with E-state index >= 15 is 0 Å². The van der Waals surface area contributed by atoms with Crippen molar-refractivity contribution in [1.82, 2.24) is 15.1 Å². The molecule has 0 radical (unpaired) electrons. The second-order valence-corrected chi connectivity index (χ2v) is 9.45. The Morgan fingerprint density at radius 3 is 2.26 bits per heavy atom. The maximum absolute atomic E-state index is 13.4. The van der Waals surface area contributed by atoms with Crippen LogP contribution < -0.4 is 10.6 Å². The highest BCUT2D eigenvalue weighted by Crippen LogP contribution is 2.25.